The highest BCUT2D eigenvalue weighted by Crippen LogP contribution is 1.91. The van der Waals surface area contributed by atoms with E-state index < -0.39 is 11.9 Å². The lowest BCUT2D eigenvalue weighted by Crippen LogP contribution is -2.22. The van der Waals surface area contributed by atoms with Crippen molar-refractivity contribution in [2.75, 3.05) is 7.05 Å². The number of carboxylic acids is 1. The van der Waals surface area contributed by atoms with E-state index in [1.165, 1.54) is 0 Å². The highest BCUT2D eigenvalue weighted by molar-refractivity contribution is 5.79. The van der Waals surface area contributed by atoms with Gasteiger partial charge < -0.3 is 5.11 Å². The number of rotatable bonds is 3. The first-order valence-corrected chi connectivity index (χ1v) is 2.71. The van der Waals surface area contributed by atoms with Gasteiger partial charge in [-0.05, 0) is 0 Å². The van der Waals surface area contributed by atoms with Gasteiger partial charge in [-0.2, -0.15) is 0 Å². The van der Waals surface area contributed by atoms with Gasteiger partial charge in [0.25, 0.3) is 0 Å². The van der Waals surface area contributed by atoms with Crippen LogP contribution in [0, 0.1) is 0 Å². The van der Waals surface area contributed by atoms with Gasteiger partial charge in [0.2, 0.25) is 5.91 Å². The molecule has 0 saturated carbocycles. The van der Waals surface area contributed by atoms with Crippen molar-refractivity contribution in [2.45, 2.75) is 12.8 Å². The van der Waals surface area contributed by atoms with Gasteiger partial charge in [0.1, 0.15) is 0 Å². The summed E-state index contributed by atoms with van der Waals surface area (Å²) in [5.41, 5.74) is 0. The maximum Gasteiger partial charge on any atom is 0.303 e. The average Bonchev–Trinajstić information content (AvgIpc) is 1.82. The Hall–Kier alpha value is -1.10. The summed E-state index contributed by atoms with van der Waals surface area (Å²) < 4.78 is 0. The Morgan fingerprint density at radius 3 is 2.20 bits per heavy atom. The molecule has 0 aromatic rings. The number of amides is 1. The van der Waals surface area contributed by atoms with Crippen molar-refractivity contribution in [1.82, 2.24) is 5.06 Å². The number of hydroxylamine groups is 2. The summed E-state index contributed by atoms with van der Waals surface area (Å²) in [5, 5.41) is 16.9. The zero-order valence-corrected chi connectivity index (χ0v) is 5.57. The largest absolute Gasteiger partial charge is 0.481 e. The van der Waals surface area contributed by atoms with Crippen LogP contribution in [0.2, 0.25) is 0 Å². The average molecular weight is 147 g/mol. The topological polar surface area (TPSA) is 77.8 Å². The van der Waals surface area contributed by atoms with Crippen molar-refractivity contribution in [2.24, 2.45) is 0 Å². The van der Waals surface area contributed by atoms with Crippen LogP contribution in [0.3, 0.4) is 0 Å². The van der Waals surface area contributed by atoms with Gasteiger partial charge in [0.05, 0.1) is 6.42 Å². The molecule has 0 aliphatic heterocycles. The molecule has 1 amide bonds. The lowest BCUT2D eigenvalue weighted by Gasteiger charge is -2.05. The number of hydrogen-bond donors (Lipinski definition) is 2. The quantitative estimate of drug-likeness (QED) is 0.424. The second-order valence-electron chi connectivity index (χ2n) is 1.81. The Labute approximate surface area is 57.8 Å². The molecule has 0 unspecified atom stereocenters. The second kappa shape index (κ2) is 3.84. The predicted molar refractivity (Wildman–Crippen MR) is 31.4 cm³/mol. The first-order valence-electron chi connectivity index (χ1n) is 2.71. The third-order valence-electron chi connectivity index (χ3n) is 0.914. The predicted octanol–water partition coefficient (Wildman–Crippen LogP) is -0.301. The Balaban J connectivity index is 3.50. The summed E-state index contributed by atoms with van der Waals surface area (Å²) in [5.74, 6) is -1.64. The molecular weight excluding hydrogens is 138 g/mol. The van der Waals surface area contributed by atoms with Crippen LogP contribution in [0.25, 0.3) is 0 Å². The molecule has 0 aromatic carbocycles. The molecule has 0 aromatic heterocycles. The monoisotopic (exact) mass is 147 g/mol. The molecule has 0 aliphatic carbocycles. The third kappa shape index (κ3) is 3.85. The van der Waals surface area contributed by atoms with Gasteiger partial charge in [0, 0.05) is 13.5 Å². The van der Waals surface area contributed by atoms with E-state index in [-0.39, 0.29) is 12.8 Å². The molecule has 5 nitrogen and oxygen atoms in total. The molecule has 0 rings (SSSR count). The van der Waals surface area contributed by atoms with Crippen LogP contribution in [0.5, 0.6) is 0 Å². The molecule has 58 valence electrons. The Bertz CT molecular complexity index is 143. The second-order valence-corrected chi connectivity index (χ2v) is 1.81. The van der Waals surface area contributed by atoms with Gasteiger partial charge in [-0.1, -0.05) is 0 Å². The fraction of sp³-hybridized carbons (Fsp3) is 0.600. The van der Waals surface area contributed by atoms with Crippen LogP contribution in [-0.2, 0) is 9.59 Å². The molecule has 0 bridgehead atoms. The lowest BCUT2D eigenvalue weighted by atomic mass is 10.3. The summed E-state index contributed by atoms with van der Waals surface area (Å²) in [7, 11) is 1.16. The molecule has 0 radical (unpaired) electrons. The van der Waals surface area contributed by atoms with Crippen molar-refractivity contribution in [3.63, 3.8) is 0 Å². The van der Waals surface area contributed by atoms with Gasteiger partial charge in [-0.3, -0.25) is 14.8 Å². The van der Waals surface area contributed by atoms with E-state index in [9.17, 15) is 9.59 Å². The van der Waals surface area contributed by atoms with E-state index >= 15 is 0 Å². The van der Waals surface area contributed by atoms with Crippen LogP contribution in [0.1, 0.15) is 12.8 Å². The van der Waals surface area contributed by atoms with Crippen LogP contribution in [0.15, 0.2) is 0 Å². The van der Waals surface area contributed by atoms with E-state index in [4.69, 9.17) is 10.3 Å². The molecule has 0 saturated heterocycles. The van der Waals surface area contributed by atoms with Crippen molar-refractivity contribution >= 4 is 11.9 Å². The zero-order valence-electron chi connectivity index (χ0n) is 5.57. The normalized spacial score (nSPS) is 9.00. The van der Waals surface area contributed by atoms with E-state index in [2.05, 4.69) is 0 Å². The Morgan fingerprint density at radius 2 is 1.90 bits per heavy atom. The smallest absolute Gasteiger partial charge is 0.303 e. The summed E-state index contributed by atoms with van der Waals surface area (Å²) >= 11 is 0. The number of aliphatic carboxylic acids is 1. The molecular formula is C5H9NO4. The minimum absolute atomic E-state index is 0.164. The van der Waals surface area contributed by atoms with E-state index in [0.29, 0.717) is 5.06 Å². The number of carboxylic acid groups (broad SMARTS) is 1. The standard InChI is InChI=1S/C5H9NO4/c1-6(10)4(7)2-3-5(8)9/h10H,2-3H2,1H3,(H,8,9). The van der Waals surface area contributed by atoms with Crippen molar-refractivity contribution < 1.29 is 19.9 Å². The summed E-state index contributed by atoms with van der Waals surface area (Å²) in [6, 6.07) is 0. The molecule has 0 atom stereocenters. The van der Waals surface area contributed by atoms with Crippen LogP contribution >= 0.6 is 0 Å². The number of carbonyl (C=O) groups excluding carboxylic acids is 1. The summed E-state index contributed by atoms with van der Waals surface area (Å²) in [4.78, 5) is 20.3. The molecule has 5 heteroatoms. The van der Waals surface area contributed by atoms with Gasteiger partial charge in [0.15, 0.2) is 0 Å². The van der Waals surface area contributed by atoms with E-state index in [1.54, 1.807) is 0 Å². The van der Waals surface area contributed by atoms with Crippen molar-refractivity contribution in [1.29, 1.82) is 0 Å². The summed E-state index contributed by atoms with van der Waals surface area (Å²) in [6.07, 6.45) is -0.411. The zero-order chi connectivity index (χ0) is 8.15. The highest BCUT2D eigenvalue weighted by Gasteiger charge is 2.07. The van der Waals surface area contributed by atoms with Crippen LogP contribution in [-0.4, -0.2) is 34.3 Å². The van der Waals surface area contributed by atoms with Crippen LogP contribution in [0.4, 0.5) is 0 Å². The minimum Gasteiger partial charge on any atom is -0.481 e. The van der Waals surface area contributed by atoms with Gasteiger partial charge in [-0.25, -0.2) is 5.06 Å². The maximum absolute atomic E-state index is 10.5. The maximum atomic E-state index is 10.5. The van der Waals surface area contributed by atoms with Gasteiger partial charge >= 0.3 is 5.97 Å². The fourth-order valence-electron chi connectivity index (χ4n) is 0.376. The third-order valence-corrected chi connectivity index (χ3v) is 0.914. The Kier molecular flexibility index (Phi) is 3.42. The highest BCUT2D eigenvalue weighted by atomic mass is 16.5. The fourth-order valence-corrected chi connectivity index (χ4v) is 0.376. The number of nitrogens with zero attached hydrogens (tertiary/aromatic N) is 1. The molecule has 0 heterocycles. The molecule has 10 heavy (non-hydrogen) atoms. The Morgan fingerprint density at radius 1 is 1.40 bits per heavy atom. The summed E-state index contributed by atoms with van der Waals surface area (Å²) in [6.45, 7) is 0. The van der Waals surface area contributed by atoms with Gasteiger partial charge in [-0.15, -0.1) is 0 Å². The molecule has 0 fully saturated rings. The SMILES string of the molecule is CN(O)C(=O)CCC(=O)O. The lowest BCUT2D eigenvalue weighted by molar-refractivity contribution is -0.160. The van der Waals surface area contributed by atoms with Crippen molar-refractivity contribution in [3.8, 4) is 0 Å². The molecule has 2 N–H and O–H groups in total. The molecule has 0 aliphatic rings. The van der Waals surface area contributed by atoms with Crippen molar-refractivity contribution in [3.05, 3.63) is 0 Å². The first kappa shape index (κ1) is 8.90. The number of carbonyl (C=O) groups is 2. The van der Waals surface area contributed by atoms with E-state index in [0.717, 1.165) is 7.05 Å². The minimum atomic E-state index is -1.05. The first-order chi connectivity index (χ1) is 4.54. The van der Waals surface area contributed by atoms with Crippen LogP contribution < -0.4 is 0 Å². The molecule has 0 spiro atoms. The number of hydrogen-bond acceptors (Lipinski definition) is 3. The van der Waals surface area contributed by atoms with E-state index in [1.807, 2.05) is 0 Å².